The van der Waals surface area contributed by atoms with Gasteiger partial charge in [-0.1, -0.05) is 0 Å². The second-order valence-corrected chi connectivity index (χ2v) is 3.54. The van der Waals surface area contributed by atoms with Gasteiger partial charge in [-0.25, -0.2) is 0 Å². The molecular formula is C9H18N2O2. The number of nitrogens with one attached hydrogen (secondary N) is 2. The van der Waals surface area contributed by atoms with E-state index in [2.05, 4.69) is 10.6 Å². The van der Waals surface area contributed by atoms with Crippen LogP contribution in [-0.4, -0.2) is 39.8 Å². The zero-order valence-electron chi connectivity index (χ0n) is 8.35. The summed E-state index contributed by atoms with van der Waals surface area (Å²) in [6.07, 6.45) is 1.72. The van der Waals surface area contributed by atoms with Crippen molar-refractivity contribution in [2.75, 3.05) is 33.9 Å². The fraction of sp³-hybridized carbons (Fsp3) is 0.889. The first kappa shape index (κ1) is 10.5. The summed E-state index contributed by atoms with van der Waals surface area (Å²) in [5, 5.41) is 5.95. The topological polar surface area (TPSA) is 50.4 Å². The quantitative estimate of drug-likeness (QED) is 0.639. The minimum atomic E-state index is -0.297. The molecule has 1 saturated heterocycles. The largest absolute Gasteiger partial charge is 0.384 e. The Morgan fingerprint density at radius 1 is 1.54 bits per heavy atom. The Balaban J connectivity index is 2.66. The lowest BCUT2D eigenvalue weighted by atomic mass is 9.79. The molecule has 1 aliphatic heterocycles. The molecule has 2 N–H and O–H groups in total. The van der Waals surface area contributed by atoms with Gasteiger partial charge in [0.25, 0.3) is 0 Å². The van der Waals surface area contributed by atoms with E-state index in [0.717, 1.165) is 25.9 Å². The summed E-state index contributed by atoms with van der Waals surface area (Å²) in [7, 11) is 3.33. The maximum absolute atomic E-state index is 11.7. The molecule has 76 valence electrons. The first-order chi connectivity index (χ1) is 6.25. The van der Waals surface area contributed by atoms with E-state index in [1.54, 1.807) is 14.2 Å². The van der Waals surface area contributed by atoms with E-state index in [1.807, 2.05) is 0 Å². The van der Waals surface area contributed by atoms with Crippen LogP contribution in [-0.2, 0) is 9.53 Å². The predicted octanol–water partition coefficient (Wildman–Crippen LogP) is -0.251. The molecule has 0 aromatic carbocycles. The Morgan fingerprint density at radius 2 is 2.15 bits per heavy atom. The highest BCUT2D eigenvalue weighted by Crippen LogP contribution is 2.29. The molecule has 0 bridgehead atoms. The molecule has 1 amide bonds. The fourth-order valence-corrected chi connectivity index (χ4v) is 1.88. The second-order valence-electron chi connectivity index (χ2n) is 3.54. The van der Waals surface area contributed by atoms with E-state index < -0.39 is 0 Å². The molecule has 0 unspecified atom stereocenters. The van der Waals surface area contributed by atoms with Gasteiger partial charge in [-0.05, 0) is 25.9 Å². The van der Waals surface area contributed by atoms with Crippen LogP contribution in [0.3, 0.4) is 0 Å². The first-order valence-corrected chi connectivity index (χ1v) is 4.67. The molecule has 0 aliphatic carbocycles. The van der Waals surface area contributed by atoms with Crippen LogP contribution in [0.2, 0.25) is 0 Å². The first-order valence-electron chi connectivity index (χ1n) is 4.67. The number of rotatable bonds is 3. The van der Waals surface area contributed by atoms with E-state index in [9.17, 15) is 4.79 Å². The highest BCUT2D eigenvalue weighted by molar-refractivity contribution is 5.82. The zero-order valence-corrected chi connectivity index (χ0v) is 8.35. The van der Waals surface area contributed by atoms with Crippen molar-refractivity contribution >= 4 is 5.91 Å². The molecule has 1 heterocycles. The summed E-state index contributed by atoms with van der Waals surface area (Å²) in [4.78, 5) is 11.7. The molecule has 0 aromatic rings. The summed E-state index contributed by atoms with van der Waals surface area (Å²) in [5.41, 5.74) is -0.297. The minimum Gasteiger partial charge on any atom is -0.384 e. The van der Waals surface area contributed by atoms with Gasteiger partial charge in [0.05, 0.1) is 12.0 Å². The molecule has 13 heavy (non-hydrogen) atoms. The maximum atomic E-state index is 11.7. The normalized spacial score (nSPS) is 21.1. The van der Waals surface area contributed by atoms with Gasteiger partial charge >= 0.3 is 0 Å². The number of hydrogen-bond donors (Lipinski definition) is 2. The average molecular weight is 186 g/mol. The molecule has 0 saturated carbocycles. The number of amides is 1. The van der Waals surface area contributed by atoms with Gasteiger partial charge in [0.2, 0.25) is 5.91 Å². The number of hydrogen-bond acceptors (Lipinski definition) is 3. The Kier molecular flexibility index (Phi) is 3.69. The van der Waals surface area contributed by atoms with Crippen molar-refractivity contribution in [3.05, 3.63) is 0 Å². The lowest BCUT2D eigenvalue weighted by Gasteiger charge is -2.34. The number of ether oxygens (including phenoxy) is 1. The van der Waals surface area contributed by atoms with E-state index in [4.69, 9.17) is 4.74 Å². The molecular weight excluding hydrogens is 168 g/mol. The third-order valence-electron chi connectivity index (χ3n) is 2.69. The van der Waals surface area contributed by atoms with Crippen LogP contribution < -0.4 is 10.6 Å². The third-order valence-corrected chi connectivity index (χ3v) is 2.69. The SMILES string of the molecule is CNC(=O)C1(COC)CCNCC1. The van der Waals surface area contributed by atoms with Crippen LogP contribution in [0.25, 0.3) is 0 Å². The van der Waals surface area contributed by atoms with E-state index in [0.29, 0.717) is 6.61 Å². The highest BCUT2D eigenvalue weighted by atomic mass is 16.5. The van der Waals surface area contributed by atoms with Crippen molar-refractivity contribution in [1.29, 1.82) is 0 Å². The molecule has 4 nitrogen and oxygen atoms in total. The summed E-state index contributed by atoms with van der Waals surface area (Å²) < 4.78 is 5.12. The van der Waals surface area contributed by atoms with Gasteiger partial charge in [0, 0.05) is 14.2 Å². The maximum Gasteiger partial charge on any atom is 0.228 e. The molecule has 1 fully saturated rings. The molecule has 0 aromatic heterocycles. The smallest absolute Gasteiger partial charge is 0.228 e. The van der Waals surface area contributed by atoms with Crippen molar-refractivity contribution in [3.63, 3.8) is 0 Å². The Labute approximate surface area is 79.0 Å². The van der Waals surface area contributed by atoms with Gasteiger partial charge in [0.1, 0.15) is 0 Å². The number of piperidine rings is 1. The van der Waals surface area contributed by atoms with Crippen LogP contribution in [0.1, 0.15) is 12.8 Å². The molecule has 0 atom stereocenters. The summed E-state index contributed by atoms with van der Waals surface area (Å²) in [5.74, 6) is 0.107. The van der Waals surface area contributed by atoms with Crippen molar-refractivity contribution in [2.45, 2.75) is 12.8 Å². The standard InChI is InChI=1S/C9H18N2O2/c1-10-8(12)9(7-13-2)3-5-11-6-4-9/h11H,3-7H2,1-2H3,(H,10,12). The Bertz CT molecular complexity index is 171. The Hall–Kier alpha value is -0.610. The van der Waals surface area contributed by atoms with Crippen molar-refractivity contribution in [1.82, 2.24) is 10.6 Å². The molecule has 0 spiro atoms. The van der Waals surface area contributed by atoms with Gasteiger partial charge in [-0.15, -0.1) is 0 Å². The Morgan fingerprint density at radius 3 is 2.62 bits per heavy atom. The summed E-state index contributed by atoms with van der Waals surface area (Å²) >= 11 is 0. The van der Waals surface area contributed by atoms with Crippen LogP contribution in [0.15, 0.2) is 0 Å². The second kappa shape index (κ2) is 4.58. The molecule has 1 rings (SSSR count). The molecule has 0 radical (unpaired) electrons. The predicted molar refractivity (Wildman–Crippen MR) is 50.5 cm³/mol. The van der Waals surface area contributed by atoms with Gasteiger partial charge in [0.15, 0.2) is 0 Å². The van der Waals surface area contributed by atoms with E-state index >= 15 is 0 Å². The zero-order chi connectivity index (χ0) is 9.73. The lowest BCUT2D eigenvalue weighted by Crippen LogP contribution is -2.49. The fourth-order valence-electron chi connectivity index (χ4n) is 1.88. The van der Waals surface area contributed by atoms with Gasteiger partial charge < -0.3 is 15.4 Å². The van der Waals surface area contributed by atoms with Crippen LogP contribution >= 0.6 is 0 Å². The third kappa shape index (κ3) is 2.19. The van der Waals surface area contributed by atoms with Crippen molar-refractivity contribution in [3.8, 4) is 0 Å². The van der Waals surface area contributed by atoms with Crippen LogP contribution in [0.4, 0.5) is 0 Å². The minimum absolute atomic E-state index is 0.107. The van der Waals surface area contributed by atoms with Crippen molar-refractivity contribution in [2.24, 2.45) is 5.41 Å². The van der Waals surface area contributed by atoms with Crippen molar-refractivity contribution < 1.29 is 9.53 Å². The number of methoxy groups -OCH3 is 1. The number of carbonyl (C=O) groups is 1. The van der Waals surface area contributed by atoms with Gasteiger partial charge in [-0.2, -0.15) is 0 Å². The van der Waals surface area contributed by atoms with Crippen LogP contribution in [0.5, 0.6) is 0 Å². The summed E-state index contributed by atoms with van der Waals surface area (Å²) in [6, 6.07) is 0. The highest BCUT2D eigenvalue weighted by Gasteiger charge is 2.38. The molecule has 1 aliphatic rings. The molecule has 4 heteroatoms. The number of carbonyl (C=O) groups excluding carboxylic acids is 1. The monoisotopic (exact) mass is 186 g/mol. The van der Waals surface area contributed by atoms with Crippen LogP contribution in [0, 0.1) is 5.41 Å². The van der Waals surface area contributed by atoms with E-state index in [-0.39, 0.29) is 11.3 Å². The lowest BCUT2D eigenvalue weighted by molar-refractivity contribution is -0.135. The summed E-state index contributed by atoms with van der Waals surface area (Å²) in [6.45, 7) is 2.32. The van der Waals surface area contributed by atoms with Gasteiger partial charge in [-0.3, -0.25) is 4.79 Å². The average Bonchev–Trinajstić information content (AvgIpc) is 2.18. The van der Waals surface area contributed by atoms with E-state index in [1.165, 1.54) is 0 Å².